The molecule has 0 bridgehead atoms. The van der Waals surface area contributed by atoms with Crippen LogP contribution < -0.4 is 5.56 Å². The number of furan rings is 1. The number of pyridine rings is 2. The first-order chi connectivity index (χ1) is 15.7. The Labute approximate surface area is 181 Å². The van der Waals surface area contributed by atoms with E-state index in [0.29, 0.717) is 33.9 Å². The number of nitrogens with one attached hydrogen (secondary N) is 2. The van der Waals surface area contributed by atoms with E-state index < -0.39 is 0 Å². The molecule has 0 amide bonds. The van der Waals surface area contributed by atoms with E-state index >= 15 is 0 Å². The summed E-state index contributed by atoms with van der Waals surface area (Å²) in [6.45, 7) is 1.88. The van der Waals surface area contributed by atoms with Gasteiger partial charge in [0, 0.05) is 23.3 Å². The van der Waals surface area contributed by atoms with Crippen LogP contribution in [0.25, 0.3) is 56.0 Å². The van der Waals surface area contributed by atoms with Crippen molar-refractivity contribution < 1.29 is 4.42 Å². The summed E-state index contributed by atoms with van der Waals surface area (Å²) >= 11 is 0. The molecule has 0 aliphatic heterocycles. The Morgan fingerprint density at radius 3 is 2.66 bits per heavy atom. The molecule has 0 aliphatic rings. The number of aromatic amines is 2. The Kier molecular flexibility index (Phi) is 4.01. The van der Waals surface area contributed by atoms with Crippen molar-refractivity contribution in [2.24, 2.45) is 0 Å². The maximum atomic E-state index is 12.7. The van der Waals surface area contributed by atoms with E-state index in [4.69, 9.17) is 14.4 Å². The SMILES string of the molecule is Cc1ccc(-c2nc3[nH]c(=O)c(-c4ccc[nH]4)cc3nc2-c2ccc3ncccc3c2)o1. The van der Waals surface area contributed by atoms with Crippen LogP contribution in [0.15, 0.2) is 82.3 Å². The van der Waals surface area contributed by atoms with Crippen LogP contribution in [-0.4, -0.2) is 24.9 Å². The summed E-state index contributed by atoms with van der Waals surface area (Å²) in [5.41, 5.74) is 5.00. The molecule has 0 fully saturated rings. The molecule has 5 heterocycles. The monoisotopic (exact) mass is 419 g/mol. The molecular weight excluding hydrogens is 402 g/mol. The van der Waals surface area contributed by atoms with E-state index in [9.17, 15) is 4.79 Å². The maximum absolute atomic E-state index is 12.7. The van der Waals surface area contributed by atoms with Crippen LogP contribution in [0.4, 0.5) is 0 Å². The molecule has 154 valence electrons. The molecule has 1 aromatic carbocycles. The highest BCUT2D eigenvalue weighted by Gasteiger charge is 2.18. The molecule has 0 saturated heterocycles. The molecule has 7 nitrogen and oxygen atoms in total. The first kappa shape index (κ1) is 18.3. The van der Waals surface area contributed by atoms with Crippen molar-refractivity contribution in [3.05, 3.63) is 89.2 Å². The van der Waals surface area contributed by atoms with Crippen molar-refractivity contribution in [2.45, 2.75) is 6.92 Å². The molecular formula is C25H17N5O2. The summed E-state index contributed by atoms with van der Waals surface area (Å²) in [4.78, 5) is 32.7. The predicted molar refractivity (Wildman–Crippen MR) is 123 cm³/mol. The van der Waals surface area contributed by atoms with E-state index in [1.165, 1.54) is 0 Å². The van der Waals surface area contributed by atoms with Crippen molar-refractivity contribution in [1.29, 1.82) is 0 Å². The number of aryl methyl sites for hydroxylation is 1. The third-order valence-electron chi connectivity index (χ3n) is 5.42. The van der Waals surface area contributed by atoms with Crippen LogP contribution in [0, 0.1) is 6.92 Å². The summed E-state index contributed by atoms with van der Waals surface area (Å²) < 4.78 is 5.87. The molecule has 0 aliphatic carbocycles. The lowest BCUT2D eigenvalue weighted by Crippen LogP contribution is -2.11. The van der Waals surface area contributed by atoms with Gasteiger partial charge < -0.3 is 14.4 Å². The lowest BCUT2D eigenvalue weighted by molar-refractivity contribution is 0.546. The predicted octanol–water partition coefficient (Wildman–Crippen LogP) is 5.10. The zero-order valence-electron chi connectivity index (χ0n) is 17.1. The smallest absolute Gasteiger partial charge is 0.259 e. The molecule has 32 heavy (non-hydrogen) atoms. The summed E-state index contributed by atoms with van der Waals surface area (Å²) in [7, 11) is 0. The van der Waals surface area contributed by atoms with Crippen molar-refractivity contribution in [3.63, 3.8) is 0 Å². The van der Waals surface area contributed by atoms with Gasteiger partial charge in [0.05, 0.1) is 16.8 Å². The molecule has 6 aromatic rings. The van der Waals surface area contributed by atoms with Crippen LogP contribution >= 0.6 is 0 Å². The van der Waals surface area contributed by atoms with Crippen molar-refractivity contribution >= 4 is 22.1 Å². The Hall–Kier alpha value is -4.52. The van der Waals surface area contributed by atoms with Gasteiger partial charge in [0.2, 0.25) is 0 Å². The molecule has 7 heteroatoms. The summed E-state index contributed by atoms with van der Waals surface area (Å²) in [6.07, 6.45) is 3.55. The Bertz CT molecular complexity index is 1660. The Morgan fingerprint density at radius 2 is 1.84 bits per heavy atom. The van der Waals surface area contributed by atoms with E-state index in [2.05, 4.69) is 15.0 Å². The quantitative estimate of drug-likeness (QED) is 0.416. The van der Waals surface area contributed by atoms with Crippen LogP contribution in [-0.2, 0) is 0 Å². The van der Waals surface area contributed by atoms with Crippen LogP contribution in [0.3, 0.4) is 0 Å². The minimum atomic E-state index is -0.236. The first-order valence-corrected chi connectivity index (χ1v) is 10.2. The van der Waals surface area contributed by atoms with Gasteiger partial charge in [-0.15, -0.1) is 0 Å². The fourth-order valence-electron chi connectivity index (χ4n) is 3.87. The molecule has 0 radical (unpaired) electrons. The number of benzene rings is 1. The number of nitrogens with zero attached hydrogens (tertiary/aromatic N) is 3. The van der Waals surface area contributed by atoms with Gasteiger partial charge in [-0.25, -0.2) is 9.97 Å². The zero-order valence-corrected chi connectivity index (χ0v) is 17.1. The molecule has 0 atom stereocenters. The third-order valence-corrected chi connectivity index (χ3v) is 5.42. The topological polar surface area (TPSA) is 100 Å². The number of hydrogen-bond acceptors (Lipinski definition) is 5. The second-order valence-electron chi connectivity index (χ2n) is 7.57. The van der Waals surface area contributed by atoms with Gasteiger partial charge >= 0.3 is 0 Å². The Morgan fingerprint density at radius 1 is 0.906 bits per heavy atom. The van der Waals surface area contributed by atoms with Crippen molar-refractivity contribution in [2.75, 3.05) is 0 Å². The Balaban J connectivity index is 1.64. The highest BCUT2D eigenvalue weighted by atomic mass is 16.3. The highest BCUT2D eigenvalue weighted by Crippen LogP contribution is 2.33. The average molecular weight is 419 g/mol. The molecule has 5 aromatic heterocycles. The van der Waals surface area contributed by atoms with Gasteiger partial charge in [-0.2, -0.15) is 0 Å². The van der Waals surface area contributed by atoms with Gasteiger partial charge in [0.25, 0.3) is 5.56 Å². The molecule has 2 N–H and O–H groups in total. The maximum Gasteiger partial charge on any atom is 0.259 e. The molecule has 0 unspecified atom stereocenters. The first-order valence-electron chi connectivity index (χ1n) is 10.2. The lowest BCUT2D eigenvalue weighted by Gasteiger charge is -2.10. The van der Waals surface area contributed by atoms with Gasteiger partial charge in [0.15, 0.2) is 11.4 Å². The fraction of sp³-hybridized carbons (Fsp3) is 0.0400. The minimum absolute atomic E-state index is 0.236. The molecule has 0 spiro atoms. The van der Waals surface area contributed by atoms with E-state index in [0.717, 1.165) is 27.9 Å². The van der Waals surface area contributed by atoms with Gasteiger partial charge in [-0.1, -0.05) is 12.1 Å². The highest BCUT2D eigenvalue weighted by molar-refractivity contribution is 5.89. The largest absolute Gasteiger partial charge is 0.460 e. The minimum Gasteiger partial charge on any atom is -0.460 e. The van der Waals surface area contributed by atoms with E-state index in [1.807, 2.05) is 61.5 Å². The number of rotatable bonds is 3. The van der Waals surface area contributed by atoms with E-state index in [-0.39, 0.29) is 5.56 Å². The van der Waals surface area contributed by atoms with Crippen molar-refractivity contribution in [3.8, 4) is 34.0 Å². The number of H-pyrrole nitrogens is 2. The average Bonchev–Trinajstić information content (AvgIpc) is 3.49. The number of fused-ring (bicyclic) bond motifs is 2. The van der Waals surface area contributed by atoms with Gasteiger partial charge in [-0.05, 0) is 55.5 Å². The second-order valence-corrected chi connectivity index (χ2v) is 7.57. The summed E-state index contributed by atoms with van der Waals surface area (Å²) in [5, 5.41) is 1.00. The normalized spacial score (nSPS) is 11.4. The zero-order chi connectivity index (χ0) is 21.7. The molecule has 0 saturated carbocycles. The second kappa shape index (κ2) is 7.02. The summed E-state index contributed by atoms with van der Waals surface area (Å²) in [5.74, 6) is 1.36. The number of hydrogen-bond donors (Lipinski definition) is 2. The van der Waals surface area contributed by atoms with Gasteiger partial charge in [-0.3, -0.25) is 9.78 Å². The van der Waals surface area contributed by atoms with Crippen LogP contribution in [0.1, 0.15) is 5.76 Å². The van der Waals surface area contributed by atoms with Gasteiger partial charge in [0.1, 0.15) is 22.7 Å². The van der Waals surface area contributed by atoms with Crippen LogP contribution in [0.5, 0.6) is 0 Å². The number of aromatic nitrogens is 5. The molecule has 6 rings (SSSR count). The van der Waals surface area contributed by atoms with Crippen LogP contribution in [0.2, 0.25) is 0 Å². The lowest BCUT2D eigenvalue weighted by atomic mass is 10.0. The van der Waals surface area contributed by atoms with Crippen molar-refractivity contribution in [1.82, 2.24) is 24.9 Å². The third kappa shape index (κ3) is 2.99. The fourth-order valence-corrected chi connectivity index (χ4v) is 3.87. The summed E-state index contributed by atoms with van der Waals surface area (Å²) in [6, 6.07) is 19.1. The van der Waals surface area contributed by atoms with E-state index in [1.54, 1.807) is 18.5 Å². The standard InChI is InChI=1S/C25H17N5O2/c1-14-6-9-21(32-14)23-22(16-7-8-18-15(12-16)4-2-10-26-18)28-20-13-17(19-5-3-11-27-19)25(31)30-24(20)29-23/h2-13,27H,1H3,(H,29,30,31).